The minimum absolute atomic E-state index is 0.0525. The van der Waals surface area contributed by atoms with Crippen LogP contribution in [0.25, 0.3) is 6.08 Å². The SMILES string of the molecule is COc1cc(OCC(=O)O)ccc1/C=C1\C(=O)NC(=S)N(c2ccc(Oc3ccccc3)cc2)C1=O. The molecule has 1 aliphatic heterocycles. The molecule has 2 amide bonds. The van der Waals surface area contributed by atoms with E-state index in [0.717, 1.165) is 0 Å². The molecule has 0 aliphatic carbocycles. The van der Waals surface area contributed by atoms with Gasteiger partial charge in [-0.2, -0.15) is 0 Å². The normalized spacial score (nSPS) is 14.4. The fourth-order valence-corrected chi connectivity index (χ4v) is 3.66. The number of hydrogen-bond acceptors (Lipinski definition) is 7. The third-order valence-electron chi connectivity index (χ3n) is 5.04. The lowest BCUT2D eigenvalue weighted by molar-refractivity contribution is -0.139. The van der Waals surface area contributed by atoms with Crippen molar-refractivity contribution in [2.24, 2.45) is 0 Å². The molecule has 36 heavy (non-hydrogen) atoms. The van der Waals surface area contributed by atoms with Crippen LogP contribution in [0.1, 0.15) is 5.56 Å². The molecule has 10 heteroatoms. The van der Waals surface area contributed by atoms with Crippen molar-refractivity contribution in [3.05, 3.63) is 83.9 Å². The number of anilines is 1. The van der Waals surface area contributed by atoms with Crippen molar-refractivity contribution in [3.63, 3.8) is 0 Å². The molecule has 182 valence electrons. The first-order valence-electron chi connectivity index (χ1n) is 10.6. The molecule has 1 fully saturated rings. The number of hydrogen-bond donors (Lipinski definition) is 2. The summed E-state index contributed by atoms with van der Waals surface area (Å²) in [6, 6.07) is 20.5. The van der Waals surface area contributed by atoms with Crippen LogP contribution in [0.5, 0.6) is 23.0 Å². The number of nitrogens with one attached hydrogen (secondary N) is 1. The van der Waals surface area contributed by atoms with E-state index in [4.69, 9.17) is 31.5 Å². The van der Waals surface area contributed by atoms with Gasteiger partial charge in [-0.3, -0.25) is 19.8 Å². The summed E-state index contributed by atoms with van der Waals surface area (Å²) >= 11 is 5.26. The molecule has 1 heterocycles. The zero-order valence-corrected chi connectivity index (χ0v) is 19.8. The van der Waals surface area contributed by atoms with E-state index in [1.54, 1.807) is 30.3 Å². The monoisotopic (exact) mass is 504 g/mol. The second-order valence-electron chi connectivity index (χ2n) is 7.45. The van der Waals surface area contributed by atoms with Crippen LogP contribution in [-0.2, 0) is 14.4 Å². The number of amides is 2. The highest BCUT2D eigenvalue weighted by molar-refractivity contribution is 7.80. The molecule has 1 aliphatic rings. The molecule has 0 radical (unpaired) electrons. The average molecular weight is 505 g/mol. The van der Waals surface area contributed by atoms with Crippen molar-refractivity contribution in [2.45, 2.75) is 0 Å². The fourth-order valence-electron chi connectivity index (χ4n) is 3.38. The van der Waals surface area contributed by atoms with Crippen molar-refractivity contribution in [2.75, 3.05) is 18.6 Å². The van der Waals surface area contributed by atoms with Crippen LogP contribution in [0.3, 0.4) is 0 Å². The van der Waals surface area contributed by atoms with Crippen molar-refractivity contribution in [1.82, 2.24) is 5.32 Å². The van der Waals surface area contributed by atoms with E-state index in [-0.39, 0.29) is 22.2 Å². The summed E-state index contributed by atoms with van der Waals surface area (Å²) < 4.78 is 16.3. The van der Waals surface area contributed by atoms with Gasteiger partial charge in [0.1, 0.15) is 28.6 Å². The highest BCUT2D eigenvalue weighted by atomic mass is 32.1. The zero-order valence-electron chi connectivity index (χ0n) is 19.0. The van der Waals surface area contributed by atoms with Crippen LogP contribution in [0, 0.1) is 0 Å². The standard InChI is InChI=1S/C26H20N2O7S/c1-33-22-14-20(34-15-23(29)30)10-7-16(22)13-21-24(31)27-26(36)28(25(21)32)17-8-11-19(12-9-17)35-18-5-3-2-4-6-18/h2-14H,15H2,1H3,(H,29,30)(H,27,31,36)/b21-13+. The molecule has 0 bridgehead atoms. The Morgan fingerprint density at radius 3 is 2.33 bits per heavy atom. The summed E-state index contributed by atoms with van der Waals surface area (Å²) in [7, 11) is 1.40. The number of ether oxygens (including phenoxy) is 3. The molecular formula is C26H20N2O7S. The second-order valence-corrected chi connectivity index (χ2v) is 7.84. The average Bonchev–Trinajstić information content (AvgIpc) is 2.87. The summed E-state index contributed by atoms with van der Waals surface area (Å²) in [6.45, 7) is -0.522. The van der Waals surface area contributed by atoms with Gasteiger partial charge in [-0.25, -0.2) is 4.79 Å². The lowest BCUT2D eigenvalue weighted by atomic mass is 10.1. The van der Waals surface area contributed by atoms with Gasteiger partial charge >= 0.3 is 5.97 Å². The molecule has 0 atom stereocenters. The minimum atomic E-state index is -1.12. The number of carboxylic acid groups (broad SMARTS) is 1. The van der Waals surface area contributed by atoms with Gasteiger partial charge in [-0.15, -0.1) is 0 Å². The van der Waals surface area contributed by atoms with E-state index in [9.17, 15) is 14.4 Å². The van der Waals surface area contributed by atoms with E-state index in [1.165, 1.54) is 30.2 Å². The van der Waals surface area contributed by atoms with E-state index in [1.807, 2.05) is 30.3 Å². The molecule has 0 saturated carbocycles. The van der Waals surface area contributed by atoms with Gasteiger partial charge in [0.05, 0.1) is 12.8 Å². The Hall–Kier alpha value is -4.70. The number of carboxylic acids is 1. The minimum Gasteiger partial charge on any atom is -0.496 e. The molecule has 9 nitrogen and oxygen atoms in total. The number of carbonyl (C=O) groups is 3. The molecule has 1 saturated heterocycles. The Bertz CT molecular complexity index is 1350. The molecule has 0 aromatic heterocycles. The molecule has 0 unspecified atom stereocenters. The van der Waals surface area contributed by atoms with Crippen molar-refractivity contribution < 1.29 is 33.7 Å². The maximum Gasteiger partial charge on any atom is 0.341 e. The van der Waals surface area contributed by atoms with Gasteiger partial charge in [0.15, 0.2) is 11.7 Å². The number of nitrogens with zero attached hydrogens (tertiary/aromatic N) is 1. The largest absolute Gasteiger partial charge is 0.496 e. The lowest BCUT2D eigenvalue weighted by Crippen LogP contribution is -2.54. The Morgan fingerprint density at radius 1 is 1.00 bits per heavy atom. The highest BCUT2D eigenvalue weighted by Gasteiger charge is 2.34. The highest BCUT2D eigenvalue weighted by Crippen LogP contribution is 2.30. The van der Waals surface area contributed by atoms with Crippen LogP contribution in [0.4, 0.5) is 5.69 Å². The summed E-state index contributed by atoms with van der Waals surface area (Å²) in [5, 5.41) is 11.3. The van der Waals surface area contributed by atoms with Crippen LogP contribution in [0.15, 0.2) is 78.4 Å². The molecule has 3 aromatic carbocycles. The number of thiocarbonyl (C=S) groups is 1. The van der Waals surface area contributed by atoms with E-state index in [2.05, 4.69) is 5.32 Å². The summed E-state index contributed by atoms with van der Waals surface area (Å²) in [4.78, 5) is 37.9. The Labute approximate surface area is 211 Å². The van der Waals surface area contributed by atoms with Crippen LogP contribution in [-0.4, -0.2) is 41.7 Å². The van der Waals surface area contributed by atoms with Gasteiger partial charge < -0.3 is 19.3 Å². The van der Waals surface area contributed by atoms with Gasteiger partial charge in [0.25, 0.3) is 11.8 Å². The fraction of sp³-hybridized carbons (Fsp3) is 0.0769. The Morgan fingerprint density at radius 2 is 1.67 bits per heavy atom. The number of aliphatic carboxylic acids is 1. The predicted molar refractivity (Wildman–Crippen MR) is 135 cm³/mol. The molecule has 4 rings (SSSR count). The maximum absolute atomic E-state index is 13.3. The van der Waals surface area contributed by atoms with Gasteiger partial charge in [0, 0.05) is 11.6 Å². The summed E-state index contributed by atoms with van der Waals surface area (Å²) in [6.07, 6.45) is 1.37. The first kappa shape index (κ1) is 24.4. The Balaban J connectivity index is 1.59. The van der Waals surface area contributed by atoms with E-state index >= 15 is 0 Å². The molecule has 3 aromatic rings. The van der Waals surface area contributed by atoms with Gasteiger partial charge in [0.2, 0.25) is 0 Å². The quantitative estimate of drug-likeness (QED) is 0.271. The number of para-hydroxylation sites is 1. The zero-order chi connectivity index (χ0) is 25.7. The molecule has 0 spiro atoms. The van der Waals surface area contributed by atoms with Crippen molar-refractivity contribution >= 4 is 46.9 Å². The van der Waals surface area contributed by atoms with E-state index in [0.29, 0.717) is 22.7 Å². The first-order valence-corrected chi connectivity index (χ1v) is 11.0. The number of carbonyl (C=O) groups excluding carboxylic acids is 2. The van der Waals surface area contributed by atoms with Crippen LogP contribution < -0.4 is 24.4 Å². The van der Waals surface area contributed by atoms with Gasteiger partial charge in [-0.1, -0.05) is 18.2 Å². The van der Waals surface area contributed by atoms with Crippen LogP contribution in [0.2, 0.25) is 0 Å². The van der Waals surface area contributed by atoms with Crippen LogP contribution >= 0.6 is 12.2 Å². The first-order chi connectivity index (χ1) is 17.4. The summed E-state index contributed by atoms with van der Waals surface area (Å²) in [5.74, 6) is -0.618. The smallest absolute Gasteiger partial charge is 0.341 e. The Kier molecular flexibility index (Phi) is 7.26. The second kappa shape index (κ2) is 10.7. The van der Waals surface area contributed by atoms with Crippen molar-refractivity contribution in [1.29, 1.82) is 0 Å². The van der Waals surface area contributed by atoms with E-state index < -0.39 is 24.4 Å². The number of methoxy groups -OCH3 is 1. The topological polar surface area (TPSA) is 114 Å². The number of rotatable bonds is 8. The summed E-state index contributed by atoms with van der Waals surface area (Å²) in [5.41, 5.74) is 0.699. The third-order valence-corrected chi connectivity index (χ3v) is 5.33. The maximum atomic E-state index is 13.3. The predicted octanol–water partition coefficient (Wildman–Crippen LogP) is 3.78. The number of benzene rings is 3. The van der Waals surface area contributed by atoms with Crippen molar-refractivity contribution in [3.8, 4) is 23.0 Å². The molecular weight excluding hydrogens is 484 g/mol. The third kappa shape index (κ3) is 5.50. The van der Waals surface area contributed by atoms with Gasteiger partial charge in [-0.05, 0) is 66.8 Å². The molecule has 2 N–H and O–H groups in total. The lowest BCUT2D eigenvalue weighted by Gasteiger charge is -2.29.